The van der Waals surface area contributed by atoms with Crippen LogP contribution in [0.1, 0.15) is 28.2 Å². The lowest BCUT2D eigenvalue weighted by Crippen LogP contribution is -2.15. The molecule has 0 aliphatic carbocycles. The average Bonchev–Trinajstić information content (AvgIpc) is 3.40. The number of carbonyl (C=O) groups is 1. The molecular weight excluding hydrogens is 472 g/mol. The molecule has 0 aliphatic rings. The minimum Gasteiger partial charge on any atom is -0.497 e. The van der Waals surface area contributed by atoms with Gasteiger partial charge in [-0.05, 0) is 37.6 Å². The largest absolute Gasteiger partial charge is 0.497 e. The van der Waals surface area contributed by atoms with Crippen LogP contribution in [0.25, 0.3) is 5.13 Å². The molecule has 1 amide bonds. The maximum atomic E-state index is 12.6. The molecular formula is C25H25ClN4O3S. The Balaban J connectivity index is 1.49. The molecule has 0 saturated carbocycles. The normalized spacial score (nSPS) is 10.9. The van der Waals surface area contributed by atoms with Crippen LogP contribution in [0.15, 0.2) is 47.8 Å². The minimum absolute atomic E-state index is 0.136. The van der Waals surface area contributed by atoms with Crippen LogP contribution in [0.3, 0.4) is 0 Å². The first kappa shape index (κ1) is 23.8. The summed E-state index contributed by atoms with van der Waals surface area (Å²) in [6.45, 7) is 4.01. The van der Waals surface area contributed by atoms with Gasteiger partial charge in [-0.15, -0.1) is 11.3 Å². The van der Waals surface area contributed by atoms with Crippen LogP contribution in [-0.4, -0.2) is 34.9 Å². The Labute approximate surface area is 207 Å². The van der Waals surface area contributed by atoms with Crippen LogP contribution in [-0.2, 0) is 17.6 Å². The number of ether oxygens (including phenoxy) is 2. The maximum absolute atomic E-state index is 12.6. The summed E-state index contributed by atoms with van der Waals surface area (Å²) < 4.78 is 12.4. The molecule has 34 heavy (non-hydrogen) atoms. The smallest absolute Gasteiger partial charge is 0.230 e. The lowest BCUT2D eigenvalue weighted by molar-refractivity contribution is -0.115. The van der Waals surface area contributed by atoms with Gasteiger partial charge in [0.2, 0.25) is 11.0 Å². The zero-order valence-electron chi connectivity index (χ0n) is 19.4. The highest BCUT2D eigenvalue weighted by atomic mass is 35.5. The number of halogens is 1. The Bertz CT molecular complexity index is 1330. The van der Waals surface area contributed by atoms with Gasteiger partial charge in [0.1, 0.15) is 11.5 Å². The van der Waals surface area contributed by atoms with Gasteiger partial charge in [0.25, 0.3) is 0 Å². The van der Waals surface area contributed by atoms with E-state index < -0.39 is 0 Å². The van der Waals surface area contributed by atoms with Crippen LogP contribution in [0.4, 0.5) is 5.69 Å². The molecule has 4 rings (SSSR count). The first-order valence-electron chi connectivity index (χ1n) is 10.6. The summed E-state index contributed by atoms with van der Waals surface area (Å²) in [6.07, 6.45) is 0.832. The molecule has 0 saturated heterocycles. The van der Waals surface area contributed by atoms with Crippen LogP contribution < -0.4 is 14.8 Å². The number of nitrogens with one attached hydrogen (secondary N) is 1. The summed E-state index contributed by atoms with van der Waals surface area (Å²) in [4.78, 5) is 17.3. The summed E-state index contributed by atoms with van der Waals surface area (Å²) in [5.74, 6) is 0.992. The van der Waals surface area contributed by atoms with Gasteiger partial charge in [0.15, 0.2) is 0 Å². The van der Waals surface area contributed by atoms with Crippen LogP contribution >= 0.6 is 22.9 Å². The van der Waals surface area contributed by atoms with Gasteiger partial charge in [-0.25, -0.2) is 9.67 Å². The molecule has 176 valence electrons. The monoisotopic (exact) mass is 496 g/mol. The van der Waals surface area contributed by atoms with E-state index in [2.05, 4.69) is 10.3 Å². The van der Waals surface area contributed by atoms with Crippen molar-refractivity contribution in [3.05, 3.63) is 81.1 Å². The van der Waals surface area contributed by atoms with E-state index in [1.165, 1.54) is 11.3 Å². The number of hydrogen-bond donors (Lipinski definition) is 1. The molecule has 0 atom stereocenters. The van der Waals surface area contributed by atoms with Gasteiger partial charge in [-0.3, -0.25) is 4.79 Å². The van der Waals surface area contributed by atoms with Crippen molar-refractivity contribution < 1.29 is 14.3 Å². The molecule has 4 aromatic rings. The fraction of sp³-hybridized carbons (Fsp3) is 0.240. The predicted octanol–water partition coefficient (Wildman–Crippen LogP) is 5.39. The number of aromatic nitrogens is 3. The zero-order valence-corrected chi connectivity index (χ0v) is 21.0. The number of carbonyl (C=O) groups excluding carboxylic acids is 1. The lowest BCUT2D eigenvalue weighted by atomic mass is 10.0. The molecule has 0 radical (unpaired) electrons. The molecule has 7 nitrogen and oxygen atoms in total. The van der Waals surface area contributed by atoms with Crippen molar-refractivity contribution in [1.29, 1.82) is 0 Å². The van der Waals surface area contributed by atoms with Gasteiger partial charge in [0.05, 0.1) is 37.7 Å². The van der Waals surface area contributed by atoms with Crippen LogP contribution in [0, 0.1) is 13.8 Å². The van der Waals surface area contributed by atoms with Gasteiger partial charge < -0.3 is 14.8 Å². The van der Waals surface area contributed by atoms with Crippen molar-refractivity contribution in [3.8, 4) is 16.6 Å². The van der Waals surface area contributed by atoms with E-state index in [-0.39, 0.29) is 12.3 Å². The van der Waals surface area contributed by atoms with Gasteiger partial charge in [-0.1, -0.05) is 29.8 Å². The van der Waals surface area contributed by atoms with Crippen molar-refractivity contribution in [2.75, 3.05) is 19.5 Å². The Morgan fingerprint density at radius 3 is 2.68 bits per heavy atom. The van der Waals surface area contributed by atoms with Gasteiger partial charge in [0, 0.05) is 34.1 Å². The third kappa shape index (κ3) is 5.08. The Kier molecular flexibility index (Phi) is 7.19. The first-order chi connectivity index (χ1) is 16.4. The number of aryl methyl sites for hydroxylation is 1. The Morgan fingerprint density at radius 2 is 1.94 bits per heavy atom. The summed E-state index contributed by atoms with van der Waals surface area (Å²) in [5, 5.41) is 10.9. The van der Waals surface area contributed by atoms with Crippen molar-refractivity contribution in [1.82, 2.24) is 14.8 Å². The van der Waals surface area contributed by atoms with E-state index in [0.717, 1.165) is 32.7 Å². The van der Waals surface area contributed by atoms with Crippen molar-refractivity contribution in [2.45, 2.75) is 26.7 Å². The second-order valence-electron chi connectivity index (χ2n) is 7.74. The molecule has 0 unspecified atom stereocenters. The molecule has 2 aromatic carbocycles. The number of benzene rings is 2. The second kappa shape index (κ2) is 10.3. The minimum atomic E-state index is -0.187. The Morgan fingerprint density at radius 1 is 1.15 bits per heavy atom. The molecule has 0 aliphatic heterocycles. The van der Waals surface area contributed by atoms with E-state index in [9.17, 15) is 4.79 Å². The SMILES string of the molecule is COc1ccc(NC(=O)Cc2csc(-n3nc(C)c(Cc4ccccc4Cl)c3C)n2)c(OC)c1. The number of nitrogens with zero attached hydrogens (tertiary/aromatic N) is 3. The van der Waals surface area contributed by atoms with Crippen molar-refractivity contribution in [3.63, 3.8) is 0 Å². The standard InChI is InChI=1S/C25H25ClN4O3S/c1-15-20(11-17-7-5-6-8-21(17)26)16(2)30(29-15)25-27-18(14-34-25)12-24(31)28-22-10-9-19(32-3)13-23(22)33-4/h5-10,13-14H,11-12H2,1-4H3,(H,28,31). The van der Waals surface area contributed by atoms with E-state index in [0.29, 0.717) is 29.3 Å². The highest BCUT2D eigenvalue weighted by Gasteiger charge is 2.18. The van der Waals surface area contributed by atoms with Crippen molar-refractivity contribution in [2.24, 2.45) is 0 Å². The van der Waals surface area contributed by atoms with Crippen molar-refractivity contribution >= 4 is 34.5 Å². The third-order valence-electron chi connectivity index (χ3n) is 5.51. The lowest BCUT2D eigenvalue weighted by Gasteiger charge is -2.11. The predicted molar refractivity (Wildman–Crippen MR) is 135 cm³/mol. The number of anilines is 1. The summed E-state index contributed by atoms with van der Waals surface area (Å²) in [6, 6.07) is 13.1. The first-order valence-corrected chi connectivity index (χ1v) is 11.9. The number of thiazole rings is 1. The summed E-state index contributed by atoms with van der Waals surface area (Å²) in [7, 11) is 3.13. The fourth-order valence-corrected chi connectivity index (χ4v) is 4.71. The molecule has 0 bridgehead atoms. The van der Waals surface area contributed by atoms with Crippen LogP contribution in [0.5, 0.6) is 11.5 Å². The molecule has 0 fully saturated rings. The summed E-state index contributed by atoms with van der Waals surface area (Å²) >= 11 is 7.81. The fourth-order valence-electron chi connectivity index (χ4n) is 3.68. The Hall–Kier alpha value is -3.36. The number of rotatable bonds is 8. The molecule has 2 heterocycles. The van der Waals surface area contributed by atoms with Gasteiger partial charge in [-0.2, -0.15) is 5.10 Å². The van der Waals surface area contributed by atoms with E-state index in [1.54, 1.807) is 32.4 Å². The van der Waals surface area contributed by atoms with E-state index in [4.69, 9.17) is 26.2 Å². The van der Waals surface area contributed by atoms with Crippen LogP contribution in [0.2, 0.25) is 5.02 Å². The van der Waals surface area contributed by atoms with E-state index >= 15 is 0 Å². The molecule has 0 spiro atoms. The maximum Gasteiger partial charge on any atom is 0.230 e. The number of methoxy groups -OCH3 is 2. The topological polar surface area (TPSA) is 78.3 Å². The number of amides is 1. The van der Waals surface area contributed by atoms with Gasteiger partial charge >= 0.3 is 0 Å². The summed E-state index contributed by atoms with van der Waals surface area (Å²) in [5.41, 5.74) is 5.36. The quantitative estimate of drug-likeness (QED) is 0.354. The molecule has 9 heteroatoms. The second-order valence-corrected chi connectivity index (χ2v) is 8.99. The zero-order chi connectivity index (χ0) is 24.2. The van der Waals surface area contributed by atoms with E-state index in [1.807, 2.05) is 48.2 Å². The average molecular weight is 497 g/mol. The third-order valence-corrected chi connectivity index (χ3v) is 6.75. The molecule has 1 N–H and O–H groups in total. The highest BCUT2D eigenvalue weighted by molar-refractivity contribution is 7.12. The number of hydrogen-bond acceptors (Lipinski definition) is 6. The highest BCUT2D eigenvalue weighted by Crippen LogP contribution is 2.29. The molecule has 2 aromatic heterocycles.